The molecule has 2 aromatic heterocycles. The van der Waals surface area contributed by atoms with E-state index in [1.165, 1.54) is 0 Å². The Kier molecular flexibility index (Phi) is 4.42. The first-order chi connectivity index (χ1) is 12.6. The summed E-state index contributed by atoms with van der Waals surface area (Å²) >= 11 is 0. The Morgan fingerprint density at radius 3 is 2.85 bits per heavy atom. The molecule has 1 aromatic carbocycles. The van der Waals surface area contributed by atoms with Gasteiger partial charge in [-0.2, -0.15) is 0 Å². The van der Waals surface area contributed by atoms with E-state index in [9.17, 15) is 4.79 Å². The maximum Gasteiger partial charge on any atom is 0.254 e. The highest BCUT2D eigenvalue weighted by Gasteiger charge is 2.22. The number of benzene rings is 1. The van der Waals surface area contributed by atoms with Gasteiger partial charge in [-0.3, -0.25) is 9.69 Å². The highest BCUT2D eigenvalue weighted by molar-refractivity contribution is 5.56. The van der Waals surface area contributed by atoms with Gasteiger partial charge in [0.25, 0.3) is 5.56 Å². The zero-order valence-corrected chi connectivity index (χ0v) is 15.0. The van der Waals surface area contributed by atoms with Crippen LogP contribution in [0.3, 0.4) is 0 Å². The quantitative estimate of drug-likeness (QED) is 0.782. The molecule has 3 aromatic rings. The summed E-state index contributed by atoms with van der Waals surface area (Å²) in [6.07, 6.45) is 0.708. The average Bonchev–Trinajstić information content (AvgIpc) is 3.10. The van der Waals surface area contributed by atoms with Crippen LogP contribution in [0.25, 0.3) is 11.3 Å². The van der Waals surface area contributed by atoms with Crippen LogP contribution in [0.5, 0.6) is 0 Å². The smallest absolute Gasteiger partial charge is 0.254 e. The second-order valence-electron chi connectivity index (χ2n) is 7.04. The van der Waals surface area contributed by atoms with E-state index in [4.69, 9.17) is 4.52 Å². The third kappa shape index (κ3) is 3.32. The number of hydrogen-bond donors (Lipinski definition) is 1. The van der Waals surface area contributed by atoms with Gasteiger partial charge < -0.3 is 9.51 Å². The second kappa shape index (κ2) is 6.88. The molecule has 0 saturated heterocycles. The van der Waals surface area contributed by atoms with Gasteiger partial charge >= 0.3 is 0 Å². The summed E-state index contributed by atoms with van der Waals surface area (Å²) in [4.78, 5) is 22.1. The lowest BCUT2D eigenvalue weighted by atomic mass is 10.1. The summed E-state index contributed by atoms with van der Waals surface area (Å²) in [5, 5.41) is 4.20. The topological polar surface area (TPSA) is 75.0 Å². The van der Waals surface area contributed by atoms with Crippen molar-refractivity contribution in [3.8, 4) is 11.3 Å². The Hall–Kier alpha value is -2.73. The third-order valence-corrected chi connectivity index (χ3v) is 4.72. The number of nitrogens with zero attached hydrogens (tertiary/aromatic N) is 3. The molecule has 26 heavy (non-hydrogen) atoms. The summed E-state index contributed by atoms with van der Waals surface area (Å²) in [6.45, 7) is 6.22. The Morgan fingerprint density at radius 2 is 2.08 bits per heavy atom. The van der Waals surface area contributed by atoms with E-state index in [-0.39, 0.29) is 11.5 Å². The minimum atomic E-state index is 0.00569. The first kappa shape index (κ1) is 16.7. The summed E-state index contributed by atoms with van der Waals surface area (Å²) in [6, 6.07) is 11.9. The van der Waals surface area contributed by atoms with Gasteiger partial charge in [0.1, 0.15) is 5.82 Å². The van der Waals surface area contributed by atoms with Crippen molar-refractivity contribution >= 4 is 0 Å². The fourth-order valence-electron chi connectivity index (χ4n) is 3.28. The van der Waals surface area contributed by atoms with Crippen molar-refractivity contribution in [1.82, 2.24) is 20.0 Å². The van der Waals surface area contributed by atoms with Crippen LogP contribution in [-0.4, -0.2) is 26.6 Å². The average molecular weight is 350 g/mol. The Morgan fingerprint density at radius 1 is 1.27 bits per heavy atom. The minimum Gasteiger partial charge on any atom is -0.356 e. The van der Waals surface area contributed by atoms with Crippen LogP contribution in [0.15, 0.2) is 45.7 Å². The molecule has 3 heterocycles. The SMILES string of the molecule is CC(C)c1nc2c(c(=O)[nH]1)CCN(Cc1cc(-c3ccccc3)on1)C2. The standard InChI is InChI=1S/C20H22N4O2/c1-13(2)19-21-17-12-24(9-8-16(17)20(25)22-19)11-15-10-18(26-23-15)14-6-4-3-5-7-14/h3-7,10,13H,8-9,11-12H2,1-2H3,(H,21,22,25). The lowest BCUT2D eigenvalue weighted by Crippen LogP contribution is -2.35. The molecule has 0 aliphatic carbocycles. The van der Waals surface area contributed by atoms with Crippen molar-refractivity contribution in [2.24, 2.45) is 0 Å². The molecule has 0 saturated carbocycles. The lowest BCUT2D eigenvalue weighted by Gasteiger charge is -2.27. The van der Waals surface area contributed by atoms with Crippen molar-refractivity contribution in [3.05, 3.63) is 69.5 Å². The van der Waals surface area contributed by atoms with Gasteiger partial charge in [0, 0.05) is 42.7 Å². The predicted octanol–water partition coefficient (Wildman–Crippen LogP) is 3.11. The van der Waals surface area contributed by atoms with Gasteiger partial charge in [-0.25, -0.2) is 4.98 Å². The summed E-state index contributed by atoms with van der Waals surface area (Å²) in [5.74, 6) is 1.73. The highest BCUT2D eigenvalue weighted by Crippen LogP contribution is 2.22. The number of nitrogens with one attached hydrogen (secondary N) is 1. The molecule has 0 bridgehead atoms. The van der Waals surface area contributed by atoms with Gasteiger partial charge in [0.2, 0.25) is 0 Å². The Bertz CT molecular complexity index is 959. The second-order valence-corrected chi connectivity index (χ2v) is 7.04. The molecule has 1 aliphatic heterocycles. The van der Waals surface area contributed by atoms with E-state index < -0.39 is 0 Å². The molecule has 0 amide bonds. The van der Waals surface area contributed by atoms with Gasteiger partial charge in [-0.1, -0.05) is 49.3 Å². The molecular weight excluding hydrogens is 328 g/mol. The number of aromatic amines is 1. The molecule has 4 rings (SSSR count). The first-order valence-electron chi connectivity index (χ1n) is 8.95. The van der Waals surface area contributed by atoms with E-state index in [1.807, 2.05) is 50.2 Å². The van der Waals surface area contributed by atoms with Crippen molar-refractivity contribution in [2.75, 3.05) is 6.54 Å². The molecular formula is C20H22N4O2. The van der Waals surface area contributed by atoms with Crippen molar-refractivity contribution in [3.63, 3.8) is 0 Å². The predicted molar refractivity (Wildman–Crippen MR) is 98.7 cm³/mol. The summed E-state index contributed by atoms with van der Waals surface area (Å²) in [5.41, 5.74) is 3.61. The molecule has 0 atom stereocenters. The highest BCUT2D eigenvalue weighted by atomic mass is 16.5. The van der Waals surface area contributed by atoms with E-state index in [0.717, 1.165) is 40.6 Å². The minimum absolute atomic E-state index is 0.00569. The van der Waals surface area contributed by atoms with Gasteiger partial charge in [-0.15, -0.1) is 0 Å². The Balaban J connectivity index is 1.51. The van der Waals surface area contributed by atoms with Crippen molar-refractivity contribution in [2.45, 2.75) is 39.3 Å². The molecule has 1 N–H and O–H groups in total. The largest absolute Gasteiger partial charge is 0.356 e. The number of rotatable bonds is 4. The van der Waals surface area contributed by atoms with Gasteiger partial charge in [0.15, 0.2) is 5.76 Å². The monoisotopic (exact) mass is 350 g/mol. The molecule has 0 spiro atoms. The summed E-state index contributed by atoms with van der Waals surface area (Å²) < 4.78 is 5.48. The lowest BCUT2D eigenvalue weighted by molar-refractivity contribution is 0.232. The van der Waals surface area contributed by atoms with Crippen LogP contribution in [0.4, 0.5) is 0 Å². The molecule has 0 radical (unpaired) electrons. The molecule has 6 nitrogen and oxygen atoms in total. The summed E-state index contributed by atoms with van der Waals surface area (Å²) in [7, 11) is 0. The molecule has 0 unspecified atom stereocenters. The van der Waals surface area contributed by atoms with Crippen molar-refractivity contribution in [1.29, 1.82) is 0 Å². The van der Waals surface area contributed by atoms with Crippen LogP contribution in [0.2, 0.25) is 0 Å². The van der Waals surface area contributed by atoms with Crippen LogP contribution in [0, 0.1) is 0 Å². The maximum atomic E-state index is 12.3. The number of aromatic nitrogens is 3. The number of fused-ring (bicyclic) bond motifs is 1. The fraction of sp³-hybridized carbons (Fsp3) is 0.350. The molecule has 0 fully saturated rings. The first-order valence-corrected chi connectivity index (χ1v) is 8.95. The maximum absolute atomic E-state index is 12.3. The zero-order chi connectivity index (χ0) is 18.1. The van der Waals surface area contributed by atoms with Crippen molar-refractivity contribution < 1.29 is 4.52 Å². The molecule has 6 heteroatoms. The van der Waals surface area contributed by atoms with E-state index >= 15 is 0 Å². The Labute approximate surface area is 151 Å². The van der Waals surface area contributed by atoms with Gasteiger partial charge in [-0.05, 0) is 6.42 Å². The van der Waals surface area contributed by atoms with E-state index in [2.05, 4.69) is 20.0 Å². The zero-order valence-electron chi connectivity index (χ0n) is 15.0. The normalized spacial score (nSPS) is 14.6. The van der Waals surface area contributed by atoms with E-state index in [0.29, 0.717) is 19.5 Å². The third-order valence-electron chi connectivity index (χ3n) is 4.72. The fourth-order valence-corrected chi connectivity index (χ4v) is 3.28. The molecule has 1 aliphatic rings. The number of H-pyrrole nitrogens is 1. The van der Waals surface area contributed by atoms with E-state index in [1.54, 1.807) is 0 Å². The molecule has 134 valence electrons. The van der Waals surface area contributed by atoms with Crippen LogP contribution < -0.4 is 5.56 Å². The van der Waals surface area contributed by atoms with Crippen LogP contribution >= 0.6 is 0 Å². The van der Waals surface area contributed by atoms with Gasteiger partial charge in [0.05, 0.1) is 11.4 Å². The van der Waals surface area contributed by atoms with Crippen LogP contribution in [0.1, 0.15) is 42.5 Å². The van der Waals surface area contributed by atoms with Crippen LogP contribution in [-0.2, 0) is 19.5 Å². The number of hydrogen-bond acceptors (Lipinski definition) is 5.